The summed E-state index contributed by atoms with van der Waals surface area (Å²) >= 11 is 4.14. The Bertz CT molecular complexity index is 377. The zero-order valence-corrected chi connectivity index (χ0v) is 12.1. The summed E-state index contributed by atoms with van der Waals surface area (Å²) in [6.45, 7) is 6.01. The van der Waals surface area contributed by atoms with Gasteiger partial charge in [-0.15, -0.1) is 0 Å². The van der Waals surface area contributed by atoms with Crippen molar-refractivity contribution < 1.29 is 13.8 Å². The Morgan fingerprint density at radius 1 is 1.35 bits per heavy atom. The van der Waals surface area contributed by atoms with Gasteiger partial charge in [-0.2, -0.15) is 0 Å². The molecule has 98 valence electrons. The van der Waals surface area contributed by atoms with Crippen molar-refractivity contribution in [1.29, 1.82) is 0 Å². The normalized spacial score (nSPS) is 15.3. The Kier molecular flexibility index (Phi) is 8.33. The maximum absolute atomic E-state index is 10.2. The van der Waals surface area contributed by atoms with E-state index >= 15 is 0 Å². The average Bonchev–Trinajstić information content (AvgIpc) is 2.39. The van der Waals surface area contributed by atoms with Gasteiger partial charge in [-0.1, -0.05) is 51.1 Å². The van der Waals surface area contributed by atoms with E-state index in [1.807, 2.05) is 0 Å². The third-order valence-electron chi connectivity index (χ3n) is 2.44. The van der Waals surface area contributed by atoms with E-state index in [0.717, 1.165) is 0 Å². The molecule has 5 heteroatoms. The minimum Gasteiger partial charge on any atom is -0.709 e. The average molecular weight is 275 g/mol. The molecule has 0 heterocycles. The maximum atomic E-state index is 10.2. The molecule has 2 atom stereocenters. The van der Waals surface area contributed by atoms with E-state index in [1.165, 1.54) is 18.9 Å². The van der Waals surface area contributed by atoms with Crippen molar-refractivity contribution in [3.63, 3.8) is 0 Å². The Balaban J connectivity index is 0.000000325. The molecule has 3 nitrogen and oxygen atoms in total. The Morgan fingerprint density at radius 3 is 2.18 bits per heavy atom. The molecule has 0 saturated carbocycles. The van der Waals surface area contributed by atoms with E-state index in [2.05, 4.69) is 59.7 Å². The molecule has 1 rings (SSSR count). The van der Waals surface area contributed by atoms with Gasteiger partial charge in [0.1, 0.15) is 8.77 Å². The van der Waals surface area contributed by atoms with Crippen molar-refractivity contribution >= 4 is 20.0 Å². The van der Waals surface area contributed by atoms with Crippen LogP contribution >= 0.6 is 0 Å². The number of rotatable bonds is 4. The Hall–Kier alpha value is -0.490. The topological polar surface area (TPSA) is 49.4 Å². The van der Waals surface area contributed by atoms with Crippen LogP contribution in [0.1, 0.15) is 38.7 Å². The maximum Gasteiger partial charge on any atom is 0.135 e. The lowest BCUT2D eigenvalue weighted by Crippen LogP contribution is -2.14. The summed E-state index contributed by atoms with van der Waals surface area (Å²) in [5.74, 6) is 0.812. The molecule has 0 saturated heterocycles. The van der Waals surface area contributed by atoms with E-state index in [1.54, 1.807) is 0 Å². The van der Waals surface area contributed by atoms with Gasteiger partial charge < -0.3 is 9.59 Å². The van der Waals surface area contributed by atoms with Gasteiger partial charge in [-0.25, -0.2) is 4.21 Å². The van der Waals surface area contributed by atoms with Crippen molar-refractivity contribution in [3.05, 3.63) is 35.9 Å². The van der Waals surface area contributed by atoms with Gasteiger partial charge in [0.05, 0.1) is 0 Å². The summed E-state index contributed by atoms with van der Waals surface area (Å²) < 4.78 is 13.4. The van der Waals surface area contributed by atoms with Crippen molar-refractivity contribution in [2.24, 2.45) is 0 Å². The van der Waals surface area contributed by atoms with Crippen LogP contribution in [0.4, 0.5) is 0 Å². The summed E-state index contributed by atoms with van der Waals surface area (Å²) in [5.41, 5.74) is 1.45. The van der Waals surface area contributed by atoms with Gasteiger partial charge in [0.15, 0.2) is 0 Å². The van der Waals surface area contributed by atoms with E-state index in [9.17, 15) is 9.47 Å². The fourth-order valence-corrected chi connectivity index (χ4v) is 1.16. The summed E-state index contributed by atoms with van der Waals surface area (Å²) in [7, 11) is -2.88. The largest absolute Gasteiger partial charge is 0.709 e. The number of hydrogen-bond donors (Lipinski definition) is 0. The molecular weight excluding hydrogens is 256 g/mol. The van der Waals surface area contributed by atoms with Crippen LogP contribution in [0.25, 0.3) is 0 Å². The molecule has 0 aromatic heterocycles. The third-order valence-corrected chi connectivity index (χ3v) is 4.23. The van der Waals surface area contributed by atoms with Crippen molar-refractivity contribution in [2.75, 3.05) is 5.75 Å². The highest BCUT2D eigenvalue weighted by molar-refractivity contribution is 8.30. The zero-order valence-electron chi connectivity index (χ0n) is 10.4. The molecule has 0 aliphatic heterocycles. The zero-order chi connectivity index (χ0) is 13.3. The van der Waals surface area contributed by atoms with Crippen molar-refractivity contribution in [2.45, 2.75) is 33.1 Å². The smallest absolute Gasteiger partial charge is 0.135 e. The fourth-order valence-electron chi connectivity index (χ4n) is 1.07. The van der Waals surface area contributed by atoms with Crippen LogP contribution in [0.2, 0.25) is 0 Å². The second kappa shape index (κ2) is 8.58. The van der Waals surface area contributed by atoms with Crippen LogP contribution in [0.15, 0.2) is 30.3 Å². The fraction of sp³-hybridized carbons (Fsp3) is 0.500. The monoisotopic (exact) mass is 275 g/mol. The summed E-state index contributed by atoms with van der Waals surface area (Å²) in [4.78, 5) is 0. The number of benzene rings is 1. The lowest BCUT2D eigenvalue weighted by molar-refractivity contribution is -0.633. The molecule has 1 aromatic rings. The second-order valence-electron chi connectivity index (χ2n) is 3.63. The molecule has 0 bridgehead atoms. The molecule has 0 amide bonds. The van der Waals surface area contributed by atoms with Gasteiger partial charge >= 0.3 is 0 Å². The standard InChI is InChI=1S/C10H14.C2H6O3S2/c1-3-9(2)10-7-5-4-6-8-10;1-2-7(4,6)5-3/h4-9H,3H2,1-2H3;3H,2H2,1H3/p-1. The van der Waals surface area contributed by atoms with Gasteiger partial charge in [0.25, 0.3) is 0 Å². The summed E-state index contributed by atoms with van der Waals surface area (Å²) in [6, 6.07) is 10.6. The second-order valence-corrected chi connectivity index (χ2v) is 6.99. The first-order valence-electron chi connectivity index (χ1n) is 5.55. The minimum absolute atomic E-state index is 0.103. The molecule has 0 fully saturated rings. The molecule has 0 aliphatic rings. The van der Waals surface area contributed by atoms with Gasteiger partial charge in [-0.05, 0) is 17.9 Å². The first-order chi connectivity index (χ1) is 7.96. The van der Waals surface area contributed by atoms with Crippen LogP contribution < -0.4 is 5.26 Å². The number of hydrogen-bond acceptors (Lipinski definition) is 4. The molecule has 1 aromatic carbocycles. The van der Waals surface area contributed by atoms with Crippen LogP contribution in [-0.4, -0.2) is 9.96 Å². The first-order valence-corrected chi connectivity index (χ1v) is 8.13. The van der Waals surface area contributed by atoms with Crippen LogP contribution in [0.3, 0.4) is 0 Å². The van der Waals surface area contributed by atoms with Crippen molar-refractivity contribution in [1.82, 2.24) is 0 Å². The first kappa shape index (κ1) is 16.5. The Morgan fingerprint density at radius 2 is 1.88 bits per heavy atom. The summed E-state index contributed by atoms with van der Waals surface area (Å²) in [5, 5.41) is 9.30. The van der Waals surface area contributed by atoms with Gasteiger partial charge in [0.2, 0.25) is 0 Å². The van der Waals surface area contributed by atoms with Crippen LogP contribution in [-0.2, 0) is 24.3 Å². The lowest BCUT2D eigenvalue weighted by atomic mass is 9.99. The summed E-state index contributed by atoms with van der Waals surface area (Å²) in [6.07, 6.45) is 1.23. The van der Waals surface area contributed by atoms with Gasteiger partial charge in [0, 0.05) is 16.9 Å². The molecular formula is C12H19O3S2-. The van der Waals surface area contributed by atoms with Crippen molar-refractivity contribution in [3.8, 4) is 0 Å². The molecule has 0 radical (unpaired) electrons. The molecule has 17 heavy (non-hydrogen) atoms. The highest BCUT2D eigenvalue weighted by Crippen LogP contribution is 2.16. The third kappa shape index (κ3) is 7.44. The molecule has 0 spiro atoms. The van der Waals surface area contributed by atoms with Gasteiger partial charge in [-0.3, -0.25) is 0 Å². The predicted molar refractivity (Wildman–Crippen MR) is 72.3 cm³/mol. The molecule has 0 aliphatic carbocycles. The quantitative estimate of drug-likeness (QED) is 0.624. The lowest BCUT2D eigenvalue weighted by Gasteiger charge is -2.06. The van der Waals surface area contributed by atoms with Crippen LogP contribution in [0, 0.1) is 0 Å². The minimum atomic E-state index is -2.88. The van der Waals surface area contributed by atoms with E-state index in [0.29, 0.717) is 5.92 Å². The molecule has 0 N–H and O–H groups in total. The van der Waals surface area contributed by atoms with Crippen LogP contribution in [0.5, 0.6) is 0 Å². The predicted octanol–water partition coefficient (Wildman–Crippen LogP) is 2.16. The van der Waals surface area contributed by atoms with E-state index in [4.69, 9.17) is 0 Å². The molecule has 2 unspecified atom stereocenters. The SMILES string of the molecule is CCC(C)c1ccccc1.CCS(=O)(=S)O[O-]. The highest BCUT2D eigenvalue weighted by Gasteiger charge is 1.98. The Labute approximate surface area is 109 Å². The highest BCUT2D eigenvalue weighted by atomic mass is 32.8. The van der Waals surface area contributed by atoms with E-state index < -0.39 is 8.77 Å². The van der Waals surface area contributed by atoms with E-state index in [-0.39, 0.29) is 5.75 Å².